The Morgan fingerprint density at radius 2 is 1.79 bits per heavy atom. The van der Waals surface area contributed by atoms with E-state index in [0.717, 1.165) is 0 Å². The Hall–Kier alpha value is -0.570. The predicted molar refractivity (Wildman–Crippen MR) is 57.8 cm³/mol. The largest absolute Gasteiger partial charge is 0.229 e. The van der Waals surface area contributed by atoms with Crippen molar-refractivity contribution in [1.82, 2.24) is 0 Å². The summed E-state index contributed by atoms with van der Waals surface area (Å²) in [6.07, 6.45) is 6.20. The third kappa shape index (κ3) is 1.26. The first-order chi connectivity index (χ1) is 6.27. The smallest absolute Gasteiger partial charge is 0.152 e. The molecule has 1 aliphatic carbocycles. The molecule has 1 fully saturated rings. The van der Waals surface area contributed by atoms with E-state index in [9.17, 15) is 8.42 Å². The number of rotatable bonds is 0. The summed E-state index contributed by atoms with van der Waals surface area (Å²) in [4.78, 5) is 0. The van der Waals surface area contributed by atoms with Crippen molar-refractivity contribution in [2.24, 2.45) is 10.8 Å². The van der Waals surface area contributed by atoms with Crippen LogP contribution in [0.1, 0.15) is 20.8 Å². The molecule has 2 aliphatic rings. The molecule has 0 N–H and O–H groups in total. The van der Waals surface area contributed by atoms with E-state index in [4.69, 9.17) is 0 Å². The Morgan fingerprint density at radius 1 is 1.21 bits per heavy atom. The maximum atomic E-state index is 11.7. The maximum absolute atomic E-state index is 11.7. The second-order valence-electron chi connectivity index (χ2n) is 5.09. The number of allylic oxidation sites excluding steroid dienone is 4. The van der Waals surface area contributed by atoms with Crippen LogP contribution >= 0.6 is 0 Å². The van der Waals surface area contributed by atoms with E-state index < -0.39 is 9.84 Å². The zero-order valence-corrected chi connectivity index (χ0v) is 9.69. The van der Waals surface area contributed by atoms with Gasteiger partial charge < -0.3 is 0 Å². The quantitative estimate of drug-likeness (QED) is 0.615. The van der Waals surface area contributed by atoms with Crippen molar-refractivity contribution in [3.63, 3.8) is 0 Å². The summed E-state index contributed by atoms with van der Waals surface area (Å²) >= 11 is 0. The van der Waals surface area contributed by atoms with Crippen LogP contribution in [-0.4, -0.2) is 19.9 Å². The fraction of sp³-hybridized carbons (Fsp3) is 0.636. The van der Waals surface area contributed by atoms with Gasteiger partial charge in [0, 0.05) is 10.8 Å². The second kappa shape index (κ2) is 2.51. The highest BCUT2D eigenvalue weighted by Crippen LogP contribution is 2.51. The molecule has 78 valence electrons. The summed E-state index contributed by atoms with van der Waals surface area (Å²) in [5.41, 5.74) is 0.762. The highest BCUT2D eigenvalue weighted by atomic mass is 32.2. The zero-order valence-electron chi connectivity index (χ0n) is 8.87. The van der Waals surface area contributed by atoms with E-state index >= 15 is 0 Å². The molecule has 0 bridgehead atoms. The molecule has 0 amide bonds. The fourth-order valence-electron chi connectivity index (χ4n) is 2.61. The first-order valence-corrected chi connectivity index (χ1v) is 6.68. The first-order valence-electron chi connectivity index (χ1n) is 4.86. The molecule has 0 saturated carbocycles. The Bertz CT molecular complexity index is 430. The summed E-state index contributed by atoms with van der Waals surface area (Å²) < 4.78 is 23.3. The van der Waals surface area contributed by atoms with Gasteiger partial charge in [-0.2, -0.15) is 0 Å². The van der Waals surface area contributed by atoms with Gasteiger partial charge in [-0.15, -0.1) is 0 Å². The van der Waals surface area contributed by atoms with Gasteiger partial charge >= 0.3 is 0 Å². The van der Waals surface area contributed by atoms with Gasteiger partial charge in [-0.05, 0) is 6.92 Å². The van der Waals surface area contributed by atoms with Gasteiger partial charge in [0.25, 0.3) is 0 Å². The van der Waals surface area contributed by atoms with E-state index in [1.807, 2.05) is 26.8 Å². The van der Waals surface area contributed by atoms with Crippen molar-refractivity contribution < 1.29 is 8.42 Å². The van der Waals surface area contributed by atoms with E-state index in [-0.39, 0.29) is 22.3 Å². The zero-order chi connectivity index (χ0) is 10.6. The Labute approximate surface area is 85.6 Å². The molecule has 2 nitrogen and oxygen atoms in total. The minimum atomic E-state index is -2.87. The molecule has 14 heavy (non-hydrogen) atoms. The Kier molecular flexibility index (Phi) is 1.79. The molecule has 3 heteroatoms. The third-order valence-corrected chi connectivity index (χ3v) is 5.68. The lowest BCUT2D eigenvalue weighted by Crippen LogP contribution is -2.34. The van der Waals surface area contributed by atoms with Crippen molar-refractivity contribution in [2.75, 3.05) is 11.5 Å². The summed E-state index contributed by atoms with van der Waals surface area (Å²) in [7, 11) is -2.87. The summed E-state index contributed by atoms with van der Waals surface area (Å²) in [5.74, 6) is 0.578. The molecular weight excluding hydrogens is 196 g/mol. The van der Waals surface area contributed by atoms with Crippen molar-refractivity contribution in [3.8, 4) is 0 Å². The lowest BCUT2D eigenvalue weighted by atomic mass is 9.65. The van der Waals surface area contributed by atoms with Crippen LogP contribution < -0.4 is 0 Å². The average Bonchev–Trinajstić information content (AvgIpc) is 2.13. The summed E-state index contributed by atoms with van der Waals surface area (Å²) in [6.45, 7) is 6.10. The molecule has 0 aromatic rings. The van der Waals surface area contributed by atoms with Gasteiger partial charge in [-0.3, -0.25) is 0 Å². The number of hydrogen-bond acceptors (Lipinski definition) is 2. The summed E-state index contributed by atoms with van der Waals surface area (Å²) in [5, 5.41) is 0. The maximum Gasteiger partial charge on any atom is 0.152 e. The highest BCUT2D eigenvalue weighted by molar-refractivity contribution is 7.91. The molecule has 1 saturated heterocycles. The van der Waals surface area contributed by atoms with Gasteiger partial charge in [0.05, 0.1) is 11.5 Å². The van der Waals surface area contributed by atoms with Crippen molar-refractivity contribution >= 4 is 9.84 Å². The Balaban J connectivity index is 2.56. The fourth-order valence-corrected chi connectivity index (χ4v) is 5.37. The second-order valence-corrected chi connectivity index (χ2v) is 7.15. The van der Waals surface area contributed by atoms with Gasteiger partial charge in [-0.1, -0.05) is 37.6 Å². The average molecular weight is 212 g/mol. The lowest BCUT2D eigenvalue weighted by molar-refractivity contribution is 0.257. The minimum Gasteiger partial charge on any atom is -0.229 e. The van der Waals surface area contributed by atoms with Crippen molar-refractivity contribution in [3.05, 3.63) is 23.8 Å². The minimum absolute atomic E-state index is 0.203. The number of hydrogen-bond donors (Lipinski definition) is 0. The van der Waals surface area contributed by atoms with Gasteiger partial charge in [-0.25, -0.2) is 8.42 Å². The normalized spacial score (nSPS) is 44.6. The molecule has 1 heterocycles. The molecule has 0 spiro atoms. The molecule has 2 atom stereocenters. The SMILES string of the molecule is CC1=CC2(C)CS(=O)(=O)CC2(C)C=C1. The van der Waals surface area contributed by atoms with Crippen LogP contribution in [0.3, 0.4) is 0 Å². The topological polar surface area (TPSA) is 34.1 Å². The first kappa shape index (κ1) is 9.97. The molecular formula is C11H16O2S. The van der Waals surface area contributed by atoms with Crippen molar-refractivity contribution in [2.45, 2.75) is 20.8 Å². The van der Waals surface area contributed by atoms with Crippen LogP contribution in [-0.2, 0) is 9.84 Å². The van der Waals surface area contributed by atoms with Crippen LogP contribution in [0.5, 0.6) is 0 Å². The van der Waals surface area contributed by atoms with Crippen LogP contribution in [0.15, 0.2) is 23.8 Å². The van der Waals surface area contributed by atoms with Gasteiger partial charge in [0.15, 0.2) is 9.84 Å². The molecule has 0 aromatic carbocycles. The van der Waals surface area contributed by atoms with Crippen LogP contribution in [0.25, 0.3) is 0 Å². The number of sulfone groups is 1. The highest BCUT2D eigenvalue weighted by Gasteiger charge is 2.53. The molecule has 2 unspecified atom stereocenters. The van der Waals surface area contributed by atoms with Crippen LogP contribution in [0.4, 0.5) is 0 Å². The number of fused-ring (bicyclic) bond motifs is 1. The molecule has 2 rings (SSSR count). The van der Waals surface area contributed by atoms with Crippen LogP contribution in [0.2, 0.25) is 0 Å². The lowest BCUT2D eigenvalue weighted by Gasteiger charge is -2.37. The third-order valence-electron chi connectivity index (χ3n) is 3.60. The van der Waals surface area contributed by atoms with Crippen molar-refractivity contribution in [1.29, 1.82) is 0 Å². The molecule has 1 aliphatic heterocycles. The van der Waals surface area contributed by atoms with E-state index in [2.05, 4.69) is 12.2 Å². The van der Waals surface area contributed by atoms with E-state index in [1.165, 1.54) is 5.57 Å². The summed E-state index contributed by atoms with van der Waals surface area (Å²) in [6, 6.07) is 0. The predicted octanol–water partition coefficient (Wildman–Crippen LogP) is 1.94. The van der Waals surface area contributed by atoms with E-state index in [1.54, 1.807) is 0 Å². The molecule has 0 radical (unpaired) electrons. The molecule has 0 aromatic heterocycles. The van der Waals surface area contributed by atoms with Crippen LogP contribution in [0, 0.1) is 10.8 Å². The van der Waals surface area contributed by atoms with Gasteiger partial charge in [0.2, 0.25) is 0 Å². The monoisotopic (exact) mass is 212 g/mol. The Morgan fingerprint density at radius 3 is 2.43 bits per heavy atom. The van der Waals surface area contributed by atoms with Gasteiger partial charge in [0.1, 0.15) is 0 Å². The standard InChI is InChI=1S/C11H16O2S/c1-9-4-5-10(2)7-14(12,13)8-11(10,3)6-9/h4-6H,7-8H2,1-3H3. The van der Waals surface area contributed by atoms with E-state index in [0.29, 0.717) is 0 Å².